The van der Waals surface area contributed by atoms with Gasteiger partial charge >= 0.3 is 0 Å². The smallest absolute Gasteiger partial charge is 0.225 e. The number of nitrogens with two attached hydrogens (primary N) is 1. The second-order valence-corrected chi connectivity index (χ2v) is 7.65. The summed E-state index contributed by atoms with van der Waals surface area (Å²) in [5.41, 5.74) is 9.46. The van der Waals surface area contributed by atoms with Crippen molar-refractivity contribution in [3.05, 3.63) is 41.7 Å². The van der Waals surface area contributed by atoms with Gasteiger partial charge in [-0.2, -0.15) is 0 Å². The summed E-state index contributed by atoms with van der Waals surface area (Å²) in [5, 5.41) is 0. The maximum Gasteiger partial charge on any atom is 0.225 e. The van der Waals surface area contributed by atoms with Gasteiger partial charge in [-0.1, -0.05) is 18.2 Å². The van der Waals surface area contributed by atoms with E-state index in [2.05, 4.69) is 40.1 Å². The van der Waals surface area contributed by atoms with Crippen LogP contribution in [0.5, 0.6) is 0 Å². The van der Waals surface area contributed by atoms with E-state index < -0.39 is 0 Å². The number of fused-ring (bicyclic) bond motifs is 1. The van der Waals surface area contributed by atoms with Crippen LogP contribution in [0.4, 0.5) is 11.6 Å². The third kappa shape index (κ3) is 3.60. The number of aromatic nitrogens is 2. The summed E-state index contributed by atoms with van der Waals surface area (Å²) in [6.45, 7) is 4.68. The van der Waals surface area contributed by atoms with Crippen LogP contribution in [-0.2, 0) is 12.8 Å². The number of hydrogen-bond acceptors (Lipinski definition) is 6. The Morgan fingerprint density at radius 1 is 1.00 bits per heavy atom. The molecule has 6 heteroatoms. The molecule has 0 bridgehead atoms. The largest absolute Gasteiger partial charge is 0.368 e. The van der Waals surface area contributed by atoms with Crippen molar-refractivity contribution in [2.45, 2.75) is 24.2 Å². The maximum atomic E-state index is 5.71. The fraction of sp³-hybridized carbons (Fsp3) is 0.474. The van der Waals surface area contributed by atoms with Gasteiger partial charge in [-0.05, 0) is 31.5 Å². The second kappa shape index (κ2) is 7.62. The molecule has 2 N–H and O–H groups in total. The minimum absolute atomic E-state index is 0.717. The number of benzene rings is 1. The highest BCUT2D eigenvalue weighted by Gasteiger charge is 2.24. The number of para-hydroxylation sites is 1. The van der Waals surface area contributed by atoms with Crippen LogP contribution < -0.4 is 15.5 Å². The summed E-state index contributed by atoms with van der Waals surface area (Å²) < 4.78 is 0. The molecule has 1 aromatic carbocycles. The Hall–Kier alpha value is -1.79. The maximum absolute atomic E-state index is 5.71. The van der Waals surface area contributed by atoms with Crippen LogP contribution in [0.25, 0.3) is 0 Å². The minimum Gasteiger partial charge on any atom is -0.368 e. The molecule has 0 saturated carbocycles. The zero-order valence-corrected chi connectivity index (χ0v) is 15.3. The van der Waals surface area contributed by atoms with Crippen molar-refractivity contribution in [3.63, 3.8) is 0 Å². The highest BCUT2D eigenvalue weighted by atomic mass is 32.2. The van der Waals surface area contributed by atoms with Crippen LogP contribution in [0.15, 0.2) is 35.2 Å². The predicted molar refractivity (Wildman–Crippen MR) is 105 cm³/mol. The molecule has 2 aliphatic rings. The third-order valence-electron chi connectivity index (χ3n) is 4.88. The quantitative estimate of drug-likeness (QED) is 0.888. The van der Waals surface area contributed by atoms with E-state index in [4.69, 9.17) is 15.7 Å². The van der Waals surface area contributed by atoms with Gasteiger partial charge in [0.2, 0.25) is 5.95 Å². The van der Waals surface area contributed by atoms with E-state index in [1.807, 2.05) is 11.8 Å². The van der Waals surface area contributed by atoms with E-state index in [1.54, 1.807) is 0 Å². The number of aryl methyl sites for hydroxylation is 2. The van der Waals surface area contributed by atoms with Gasteiger partial charge in [0.1, 0.15) is 0 Å². The summed E-state index contributed by atoms with van der Waals surface area (Å²) in [6.07, 6.45) is 3.02. The standard InChI is InChI=1S/C19H25N5S/c20-9-4-7-16-18-17(8-14-25-18)22-19(21-16)24-12-10-23(11-13-24)15-5-2-1-3-6-15/h1-3,5-6H,4,7-14,20H2. The molecule has 4 rings (SSSR count). The van der Waals surface area contributed by atoms with Gasteiger partial charge in [0.15, 0.2) is 0 Å². The Labute approximate surface area is 153 Å². The summed E-state index contributed by atoms with van der Waals surface area (Å²) in [4.78, 5) is 15.9. The molecule has 0 unspecified atom stereocenters. The average molecular weight is 356 g/mol. The van der Waals surface area contributed by atoms with Crippen LogP contribution in [0.3, 0.4) is 0 Å². The highest BCUT2D eigenvalue weighted by Crippen LogP contribution is 2.34. The first-order valence-electron chi connectivity index (χ1n) is 9.13. The SMILES string of the molecule is NCCCc1nc(N2CCN(c3ccccc3)CC2)nc2c1SCC2. The number of thioether (sulfide) groups is 1. The monoisotopic (exact) mass is 355 g/mol. The molecule has 0 aliphatic carbocycles. The zero-order chi connectivity index (χ0) is 17.1. The van der Waals surface area contributed by atoms with E-state index in [1.165, 1.54) is 22.0 Å². The molecule has 2 aromatic rings. The molecule has 1 fully saturated rings. The summed E-state index contributed by atoms with van der Waals surface area (Å²) in [6, 6.07) is 10.6. The lowest BCUT2D eigenvalue weighted by atomic mass is 10.2. The van der Waals surface area contributed by atoms with Gasteiger partial charge in [-0.25, -0.2) is 9.97 Å². The Kier molecular flexibility index (Phi) is 5.08. The molecule has 1 saturated heterocycles. The topological polar surface area (TPSA) is 58.3 Å². The molecule has 25 heavy (non-hydrogen) atoms. The van der Waals surface area contributed by atoms with E-state index in [-0.39, 0.29) is 0 Å². The number of rotatable bonds is 5. The molecule has 2 aliphatic heterocycles. The van der Waals surface area contributed by atoms with Crippen LogP contribution >= 0.6 is 11.8 Å². The molecule has 0 atom stereocenters. The second-order valence-electron chi connectivity index (χ2n) is 6.55. The van der Waals surface area contributed by atoms with Crippen LogP contribution in [-0.4, -0.2) is 48.4 Å². The van der Waals surface area contributed by atoms with Gasteiger partial charge in [0.05, 0.1) is 16.3 Å². The van der Waals surface area contributed by atoms with E-state index in [0.29, 0.717) is 6.54 Å². The van der Waals surface area contributed by atoms with Crippen molar-refractivity contribution < 1.29 is 0 Å². The van der Waals surface area contributed by atoms with Gasteiger partial charge < -0.3 is 15.5 Å². The average Bonchev–Trinajstić information content (AvgIpc) is 3.16. The van der Waals surface area contributed by atoms with E-state index in [0.717, 1.165) is 57.1 Å². The molecule has 3 heterocycles. The summed E-state index contributed by atoms with van der Waals surface area (Å²) >= 11 is 1.91. The van der Waals surface area contributed by atoms with E-state index in [9.17, 15) is 0 Å². The Morgan fingerprint density at radius 3 is 2.52 bits per heavy atom. The van der Waals surface area contributed by atoms with Gasteiger partial charge in [-0.3, -0.25) is 0 Å². The lowest BCUT2D eigenvalue weighted by molar-refractivity contribution is 0.633. The van der Waals surface area contributed by atoms with Crippen molar-refractivity contribution >= 4 is 23.4 Å². The molecule has 5 nitrogen and oxygen atoms in total. The normalized spacial score (nSPS) is 17.0. The van der Waals surface area contributed by atoms with Gasteiger partial charge in [0, 0.05) is 44.0 Å². The Morgan fingerprint density at radius 2 is 1.76 bits per heavy atom. The van der Waals surface area contributed by atoms with Crippen molar-refractivity contribution in [2.24, 2.45) is 5.73 Å². The van der Waals surface area contributed by atoms with Crippen molar-refractivity contribution in [1.29, 1.82) is 0 Å². The summed E-state index contributed by atoms with van der Waals surface area (Å²) in [7, 11) is 0. The fourth-order valence-corrected chi connectivity index (χ4v) is 4.63. The fourth-order valence-electron chi connectivity index (χ4n) is 3.50. The molecule has 0 radical (unpaired) electrons. The van der Waals surface area contributed by atoms with Crippen molar-refractivity contribution in [1.82, 2.24) is 9.97 Å². The molecule has 0 spiro atoms. The van der Waals surface area contributed by atoms with Gasteiger partial charge in [0.25, 0.3) is 0 Å². The van der Waals surface area contributed by atoms with Crippen LogP contribution in [0.1, 0.15) is 17.8 Å². The lowest BCUT2D eigenvalue weighted by Gasteiger charge is -2.36. The van der Waals surface area contributed by atoms with Gasteiger partial charge in [-0.15, -0.1) is 11.8 Å². The molecular weight excluding hydrogens is 330 g/mol. The summed E-state index contributed by atoms with van der Waals surface area (Å²) in [5.74, 6) is 2.05. The number of nitrogens with zero attached hydrogens (tertiary/aromatic N) is 4. The lowest BCUT2D eigenvalue weighted by Crippen LogP contribution is -2.47. The van der Waals surface area contributed by atoms with Crippen molar-refractivity contribution in [3.8, 4) is 0 Å². The molecule has 0 amide bonds. The number of hydrogen-bond donors (Lipinski definition) is 1. The van der Waals surface area contributed by atoms with Crippen LogP contribution in [0.2, 0.25) is 0 Å². The Bertz CT molecular complexity index is 713. The van der Waals surface area contributed by atoms with Crippen molar-refractivity contribution in [2.75, 3.05) is 48.3 Å². The minimum atomic E-state index is 0.717. The van der Waals surface area contributed by atoms with Crippen LogP contribution in [0, 0.1) is 0 Å². The molecular formula is C19H25N5S. The first-order valence-corrected chi connectivity index (χ1v) is 10.1. The molecule has 132 valence electrons. The first-order chi connectivity index (χ1) is 12.3. The number of anilines is 2. The zero-order valence-electron chi connectivity index (χ0n) is 14.5. The number of piperazine rings is 1. The predicted octanol–water partition coefficient (Wildman–Crippen LogP) is 2.34. The molecule has 1 aromatic heterocycles. The third-order valence-corrected chi connectivity index (χ3v) is 6.05. The Balaban J connectivity index is 1.49. The highest BCUT2D eigenvalue weighted by molar-refractivity contribution is 7.99. The van der Waals surface area contributed by atoms with E-state index >= 15 is 0 Å². The first kappa shape index (κ1) is 16.7.